The van der Waals surface area contributed by atoms with Gasteiger partial charge in [-0.25, -0.2) is 13.9 Å². The number of halogens is 1. The molecule has 88 heavy (non-hydrogen) atoms. The van der Waals surface area contributed by atoms with E-state index in [4.69, 9.17) is 56.9 Å². The van der Waals surface area contributed by atoms with Crippen LogP contribution < -0.4 is 4.90 Å². The minimum atomic E-state index is -2.09. The lowest BCUT2D eigenvalue weighted by atomic mass is 9.74. The lowest BCUT2D eigenvalue weighted by molar-refractivity contribution is -0.305. The van der Waals surface area contributed by atoms with Gasteiger partial charge in [0.2, 0.25) is 0 Å². The second-order valence-corrected chi connectivity index (χ2v) is 25.9. The fourth-order valence-corrected chi connectivity index (χ4v) is 12.9. The summed E-state index contributed by atoms with van der Waals surface area (Å²) in [5.74, 6) is -7.89. The number of Topliss-reactive ketones (excluding diaryl/α,β-unsaturated/α-hetero) is 1. The number of amides is 1. The van der Waals surface area contributed by atoms with Crippen LogP contribution in [0.3, 0.4) is 0 Å². The highest BCUT2D eigenvalue weighted by Gasteiger charge is 2.51. The maximum Gasteiger partial charge on any atom is 0.414 e. The number of cyclic esters (lactones) is 2. The van der Waals surface area contributed by atoms with Crippen LogP contribution in [0.5, 0.6) is 0 Å². The molecule has 1 aromatic heterocycles. The second-order valence-electron chi connectivity index (χ2n) is 25.9. The number of methoxy groups -OCH3 is 2. The van der Waals surface area contributed by atoms with E-state index < -0.39 is 157 Å². The molecular weight excluding hydrogens is 1150 g/mol. The molecular formula is C62H97FN6O19. The number of ether oxygens (including phenoxy) is 11. The maximum absolute atomic E-state index is 15.4. The van der Waals surface area contributed by atoms with Crippen LogP contribution in [0.4, 0.5) is 14.9 Å². The molecule has 5 aliphatic rings. The summed E-state index contributed by atoms with van der Waals surface area (Å²) < 4.78 is 84.7. The molecule has 2 aromatic rings. The Morgan fingerprint density at radius 2 is 1.58 bits per heavy atom. The molecule has 1 amide bonds. The molecule has 3 N–H and O–H groups in total. The van der Waals surface area contributed by atoms with E-state index in [1.807, 2.05) is 34.7 Å². The lowest BCUT2D eigenvalue weighted by Gasteiger charge is -2.44. The molecule has 7 rings (SSSR count). The van der Waals surface area contributed by atoms with E-state index in [9.17, 15) is 29.3 Å². The van der Waals surface area contributed by atoms with E-state index in [0.717, 1.165) is 0 Å². The Hall–Kier alpha value is -4.84. The summed E-state index contributed by atoms with van der Waals surface area (Å²) in [6.07, 6.45) is -12.7. The number of hydrogen-bond acceptors (Lipinski definition) is 23. The molecule has 26 heteroatoms. The van der Waals surface area contributed by atoms with Gasteiger partial charge in [0.05, 0.1) is 79.6 Å². The van der Waals surface area contributed by atoms with Gasteiger partial charge in [-0.3, -0.25) is 19.3 Å². The molecule has 5 saturated heterocycles. The number of oxime groups is 1. The molecule has 0 spiro atoms. The van der Waals surface area contributed by atoms with Crippen molar-refractivity contribution in [3.63, 3.8) is 0 Å². The van der Waals surface area contributed by atoms with E-state index in [1.54, 1.807) is 60.7 Å². The number of aliphatic hydroxyl groups excluding tert-OH is 2. The predicted octanol–water partition coefficient (Wildman–Crippen LogP) is 5.60. The molecule has 496 valence electrons. The number of esters is 2. The summed E-state index contributed by atoms with van der Waals surface area (Å²) in [5.41, 5.74) is -1.17. The second kappa shape index (κ2) is 31.0. The molecule has 0 radical (unpaired) electrons. The SMILES string of the molecule is CO[C@@H]1[C@H](O)[C@@H](C)O[C@@H](OCC(C)[C@H]2OC(=O)[C@H](C)[C@@H](O[C@H]3C[C@@H](C)N(C)C[C@H](C)O3)[C@H](C)[C@@H](O[C@@H]3O[C@H](C)C/C(=N/OCc4cn(C[C@H]5CN(c6cccc(F)c6)C(=O)O5)nn4)[C@H]3O)[C@@H](C)C[C@](C)(O)C(=O)[C@H](C)[C@H](OC(=O)CC(C)C)[C@H]2C)[C@@H]1OC. The average Bonchev–Trinajstić information content (AvgIpc) is 1.32. The fraction of sp³-hybridized carbons (Fsp3) is 0.790. The number of nitrogens with zero attached hydrogens (tertiary/aromatic N) is 6. The van der Waals surface area contributed by atoms with Crippen molar-refractivity contribution in [3.05, 3.63) is 42.0 Å². The third-order valence-corrected chi connectivity index (χ3v) is 17.8. The number of likely N-dealkylation sites (N-methyl/N-ethyl adjacent to an activating group) is 1. The van der Waals surface area contributed by atoms with Crippen molar-refractivity contribution in [3.8, 4) is 0 Å². The summed E-state index contributed by atoms with van der Waals surface area (Å²) in [5, 5.41) is 48.3. The normalized spacial score (nSPS) is 38.5. The van der Waals surface area contributed by atoms with Gasteiger partial charge in [-0.15, -0.1) is 5.10 Å². The van der Waals surface area contributed by atoms with Crippen LogP contribution in [-0.2, 0) is 84.5 Å². The van der Waals surface area contributed by atoms with Crippen molar-refractivity contribution >= 4 is 35.2 Å². The molecule has 1 unspecified atom stereocenters. The predicted molar refractivity (Wildman–Crippen MR) is 314 cm³/mol. The van der Waals surface area contributed by atoms with Gasteiger partial charge in [0.25, 0.3) is 0 Å². The van der Waals surface area contributed by atoms with E-state index in [-0.39, 0.29) is 69.3 Å². The third kappa shape index (κ3) is 17.6. The first kappa shape index (κ1) is 70.6. The Labute approximate surface area is 516 Å². The topological polar surface area (TPSA) is 289 Å². The molecule has 23 atom stereocenters. The lowest BCUT2D eigenvalue weighted by Crippen LogP contribution is -2.59. The van der Waals surface area contributed by atoms with Crippen LogP contribution in [0.25, 0.3) is 0 Å². The molecule has 5 fully saturated rings. The zero-order valence-electron chi connectivity index (χ0n) is 54.0. The maximum atomic E-state index is 15.4. The zero-order valence-corrected chi connectivity index (χ0v) is 54.0. The third-order valence-electron chi connectivity index (χ3n) is 17.8. The fourth-order valence-electron chi connectivity index (χ4n) is 12.9. The van der Waals surface area contributed by atoms with Crippen molar-refractivity contribution < 1.29 is 95.8 Å². The smallest absolute Gasteiger partial charge is 0.414 e. The Kier molecular flexibility index (Phi) is 24.9. The van der Waals surface area contributed by atoms with E-state index in [2.05, 4.69) is 27.3 Å². The molecule has 0 bridgehead atoms. The Morgan fingerprint density at radius 1 is 0.864 bits per heavy atom. The first-order chi connectivity index (χ1) is 41.5. The van der Waals surface area contributed by atoms with Crippen molar-refractivity contribution in [1.82, 2.24) is 19.9 Å². The van der Waals surface area contributed by atoms with Crippen molar-refractivity contribution in [2.24, 2.45) is 46.6 Å². The van der Waals surface area contributed by atoms with Gasteiger partial charge in [0.1, 0.15) is 59.8 Å². The first-order valence-corrected chi connectivity index (χ1v) is 31.0. The molecule has 0 saturated carbocycles. The molecule has 1 aromatic carbocycles. The Morgan fingerprint density at radius 3 is 2.26 bits per heavy atom. The van der Waals surface area contributed by atoms with E-state index in [1.165, 1.54) is 48.9 Å². The quantitative estimate of drug-likeness (QED) is 0.0876. The van der Waals surface area contributed by atoms with Crippen LogP contribution in [0, 0.1) is 47.2 Å². The van der Waals surface area contributed by atoms with Crippen molar-refractivity contribution in [2.45, 2.75) is 233 Å². The van der Waals surface area contributed by atoms with Crippen LogP contribution in [0.1, 0.15) is 121 Å². The van der Waals surface area contributed by atoms with Gasteiger partial charge >= 0.3 is 18.0 Å². The minimum absolute atomic E-state index is 0.00354. The highest BCUT2D eigenvalue weighted by molar-refractivity contribution is 5.90. The Balaban J connectivity index is 1.18. The van der Waals surface area contributed by atoms with Crippen LogP contribution in [0.2, 0.25) is 0 Å². The average molecular weight is 1250 g/mol. The summed E-state index contributed by atoms with van der Waals surface area (Å²) in [6, 6.07) is 5.66. The van der Waals surface area contributed by atoms with Gasteiger partial charge in [0, 0.05) is 63.8 Å². The van der Waals surface area contributed by atoms with Crippen LogP contribution in [0.15, 0.2) is 35.6 Å². The van der Waals surface area contributed by atoms with Gasteiger partial charge in [-0.2, -0.15) is 0 Å². The number of carbonyl (C=O) groups excluding carboxylic acids is 4. The standard InChI is InChI=1S/C62H97FN6O19/c1-31(2)20-47(70)85-53-38(9)52(33(4)29-79-60-56(78-16)55(77-15)49(71)41(12)83-60)87-58(74)40(11)54(86-48-21-34(5)67(14)25-36(7)81-48)37(8)51(32(3)24-62(13,76)57(73)39(53)10)88-59-50(72)46(22-35(6)82-59)65-80-30-43-26-68(66-64-43)27-45-28-69(61(75)84-45)44-19-17-18-42(63)23-44/h17-19,23,26,31-41,45,48-56,59-60,71-72,76H,20-22,24-25,27-30H2,1-16H3/b65-46-/t32-,33?,34+,35+,36-,37+,38-,39+,40+,41+,45-,48-,49+,50+,51-,52+,53+,54-,55+,56+,59-,60+,62-/m0/s1. The van der Waals surface area contributed by atoms with Gasteiger partial charge < -0.3 is 77.2 Å². The van der Waals surface area contributed by atoms with Crippen LogP contribution in [-0.4, -0.2) is 209 Å². The number of benzene rings is 1. The Bertz CT molecular complexity index is 2650. The number of carbonyl (C=O) groups is 4. The molecule has 6 heterocycles. The van der Waals surface area contributed by atoms with Crippen LogP contribution >= 0.6 is 0 Å². The summed E-state index contributed by atoms with van der Waals surface area (Å²) in [4.78, 5) is 66.3. The number of ketones is 1. The van der Waals surface area contributed by atoms with E-state index in [0.29, 0.717) is 24.3 Å². The summed E-state index contributed by atoms with van der Waals surface area (Å²) in [6.45, 7) is 23.7. The van der Waals surface area contributed by atoms with Crippen molar-refractivity contribution in [2.75, 3.05) is 45.9 Å². The largest absolute Gasteiger partial charge is 0.461 e. The highest BCUT2D eigenvalue weighted by atomic mass is 19.1. The summed E-state index contributed by atoms with van der Waals surface area (Å²) >= 11 is 0. The highest BCUT2D eigenvalue weighted by Crippen LogP contribution is 2.40. The van der Waals surface area contributed by atoms with Crippen molar-refractivity contribution in [1.29, 1.82) is 0 Å². The molecule has 0 aliphatic carbocycles. The minimum Gasteiger partial charge on any atom is -0.461 e. The first-order valence-electron chi connectivity index (χ1n) is 31.0. The van der Waals surface area contributed by atoms with Gasteiger partial charge in [0.15, 0.2) is 31.3 Å². The van der Waals surface area contributed by atoms with Gasteiger partial charge in [-0.1, -0.05) is 64.9 Å². The molecule has 25 nitrogen and oxygen atoms in total. The van der Waals surface area contributed by atoms with E-state index >= 15 is 9.59 Å². The van der Waals surface area contributed by atoms with Gasteiger partial charge in [-0.05, 0) is 85.0 Å². The molecule has 5 aliphatic heterocycles. The summed E-state index contributed by atoms with van der Waals surface area (Å²) in [7, 11) is 4.90. The number of rotatable bonds is 19. The zero-order chi connectivity index (χ0) is 64.6. The number of hydrogen-bond donors (Lipinski definition) is 3. The number of aromatic nitrogens is 3. The monoisotopic (exact) mass is 1250 g/mol. The number of anilines is 1. The number of aliphatic hydroxyl groups is 3.